The fourth-order valence-electron chi connectivity index (χ4n) is 4.77. The van der Waals surface area contributed by atoms with Crippen LogP contribution in [0.2, 0.25) is 10.0 Å². The van der Waals surface area contributed by atoms with Crippen molar-refractivity contribution in [2.75, 3.05) is 7.11 Å². The van der Waals surface area contributed by atoms with Crippen molar-refractivity contribution in [3.63, 3.8) is 0 Å². The highest BCUT2D eigenvalue weighted by Crippen LogP contribution is 2.39. The number of benzene rings is 4. The van der Waals surface area contributed by atoms with Gasteiger partial charge in [0.05, 0.1) is 29.7 Å². The third-order valence-corrected chi connectivity index (χ3v) is 7.27. The first kappa shape index (κ1) is 27.2. The van der Waals surface area contributed by atoms with Crippen molar-refractivity contribution in [1.29, 1.82) is 0 Å². The minimum Gasteiger partial charge on any atom is -0.496 e. The van der Waals surface area contributed by atoms with Crippen LogP contribution in [0.25, 0.3) is 33.5 Å². The summed E-state index contributed by atoms with van der Waals surface area (Å²) in [6, 6.07) is 22.3. The van der Waals surface area contributed by atoms with Gasteiger partial charge in [-0.05, 0) is 54.4 Å². The van der Waals surface area contributed by atoms with Crippen LogP contribution < -0.4 is 10.1 Å². The van der Waals surface area contributed by atoms with Gasteiger partial charge in [-0.1, -0.05) is 66.5 Å². The molecule has 202 valence electrons. The number of carbonyl (C=O) groups is 2. The molecule has 1 atom stereocenters. The van der Waals surface area contributed by atoms with Crippen LogP contribution in [0.15, 0.2) is 78.9 Å². The number of methoxy groups -OCH3 is 1. The number of carboxylic acid groups (broad SMARTS) is 1. The molecule has 9 heteroatoms. The first-order valence-corrected chi connectivity index (χ1v) is 13.3. The number of ether oxygens (including phenoxy) is 1. The Bertz CT molecular complexity index is 1720. The van der Waals surface area contributed by atoms with Crippen LogP contribution in [0.5, 0.6) is 5.75 Å². The molecule has 5 aromatic rings. The fourth-order valence-corrected chi connectivity index (χ4v) is 5.21. The van der Waals surface area contributed by atoms with E-state index in [2.05, 4.69) is 15.3 Å². The average Bonchev–Trinajstić information content (AvgIpc) is 3.40. The third kappa shape index (κ3) is 5.26. The molecule has 0 radical (unpaired) electrons. The second-order valence-corrected chi connectivity index (χ2v) is 9.99. The van der Waals surface area contributed by atoms with Crippen LogP contribution in [0.3, 0.4) is 0 Å². The van der Waals surface area contributed by atoms with E-state index >= 15 is 0 Å². The van der Waals surface area contributed by atoms with Crippen molar-refractivity contribution in [2.45, 2.75) is 19.4 Å². The van der Waals surface area contributed by atoms with E-state index in [1.54, 1.807) is 42.5 Å². The smallest absolute Gasteiger partial charge is 0.336 e. The molecule has 1 amide bonds. The Morgan fingerprint density at radius 2 is 1.80 bits per heavy atom. The van der Waals surface area contributed by atoms with E-state index in [0.29, 0.717) is 44.7 Å². The van der Waals surface area contributed by atoms with Gasteiger partial charge < -0.3 is 20.1 Å². The summed E-state index contributed by atoms with van der Waals surface area (Å²) in [5.74, 6) is -0.501. The van der Waals surface area contributed by atoms with Crippen LogP contribution in [0.1, 0.15) is 45.7 Å². The Morgan fingerprint density at radius 3 is 2.52 bits per heavy atom. The fraction of sp³-hybridized carbons (Fsp3) is 0.129. The van der Waals surface area contributed by atoms with Gasteiger partial charge in [0, 0.05) is 32.3 Å². The second-order valence-electron chi connectivity index (χ2n) is 9.15. The molecule has 1 unspecified atom stereocenters. The van der Waals surface area contributed by atoms with Gasteiger partial charge >= 0.3 is 5.97 Å². The molecule has 0 saturated carbocycles. The number of hydrogen-bond donors (Lipinski definition) is 3. The maximum atomic E-state index is 13.3. The first-order chi connectivity index (χ1) is 19.3. The van der Waals surface area contributed by atoms with Gasteiger partial charge in [-0.25, -0.2) is 9.78 Å². The minimum absolute atomic E-state index is 0.0600. The Morgan fingerprint density at radius 1 is 1.00 bits per heavy atom. The lowest BCUT2D eigenvalue weighted by Crippen LogP contribution is -2.28. The first-order valence-electron chi connectivity index (χ1n) is 12.6. The van der Waals surface area contributed by atoms with Crippen LogP contribution in [-0.2, 0) is 0 Å². The number of aromatic nitrogens is 2. The summed E-state index contributed by atoms with van der Waals surface area (Å²) in [5.41, 5.74) is 4.04. The number of fused-ring (bicyclic) bond motifs is 1. The summed E-state index contributed by atoms with van der Waals surface area (Å²) in [7, 11) is 1.54. The monoisotopic (exact) mass is 573 g/mol. The molecule has 0 fully saturated rings. The number of amides is 1. The maximum Gasteiger partial charge on any atom is 0.336 e. The number of rotatable bonds is 8. The van der Waals surface area contributed by atoms with Crippen molar-refractivity contribution in [1.82, 2.24) is 15.3 Å². The molecule has 4 aromatic carbocycles. The summed E-state index contributed by atoms with van der Waals surface area (Å²) in [4.78, 5) is 33.7. The number of para-hydroxylation sites is 2. The van der Waals surface area contributed by atoms with Crippen molar-refractivity contribution in [3.05, 3.63) is 106 Å². The van der Waals surface area contributed by atoms with Crippen molar-refractivity contribution in [3.8, 4) is 28.3 Å². The van der Waals surface area contributed by atoms with Crippen LogP contribution in [0.4, 0.5) is 0 Å². The topological polar surface area (TPSA) is 104 Å². The molecule has 40 heavy (non-hydrogen) atoms. The number of halogens is 2. The highest BCUT2D eigenvalue weighted by atomic mass is 35.5. The van der Waals surface area contributed by atoms with Crippen LogP contribution in [-0.4, -0.2) is 34.1 Å². The van der Waals surface area contributed by atoms with E-state index < -0.39 is 11.9 Å². The van der Waals surface area contributed by atoms with Gasteiger partial charge in [-0.3, -0.25) is 4.79 Å². The van der Waals surface area contributed by atoms with E-state index in [9.17, 15) is 14.7 Å². The van der Waals surface area contributed by atoms with Crippen LogP contribution >= 0.6 is 23.2 Å². The lowest BCUT2D eigenvalue weighted by molar-refractivity contribution is 0.0697. The van der Waals surface area contributed by atoms with Gasteiger partial charge in [0.15, 0.2) is 0 Å². The highest BCUT2D eigenvalue weighted by molar-refractivity contribution is 6.34. The molecule has 3 N–H and O–H groups in total. The van der Waals surface area contributed by atoms with Gasteiger partial charge in [0.25, 0.3) is 5.91 Å². The van der Waals surface area contributed by atoms with E-state index in [1.807, 2.05) is 37.3 Å². The Hall–Kier alpha value is -4.33. The lowest BCUT2D eigenvalue weighted by Gasteiger charge is -2.21. The maximum absolute atomic E-state index is 13.3. The predicted molar refractivity (Wildman–Crippen MR) is 157 cm³/mol. The van der Waals surface area contributed by atoms with Crippen molar-refractivity contribution in [2.24, 2.45) is 0 Å². The number of carbonyl (C=O) groups excluding carboxylic acids is 1. The lowest BCUT2D eigenvalue weighted by atomic mass is 9.93. The van der Waals surface area contributed by atoms with Crippen molar-refractivity contribution >= 4 is 46.1 Å². The molecule has 0 spiro atoms. The molecule has 5 rings (SSSR count). The van der Waals surface area contributed by atoms with E-state index in [1.165, 1.54) is 13.2 Å². The Kier molecular flexibility index (Phi) is 7.78. The zero-order valence-electron chi connectivity index (χ0n) is 21.7. The Balaban J connectivity index is 1.54. The zero-order valence-corrected chi connectivity index (χ0v) is 23.2. The molecular weight excluding hydrogens is 549 g/mol. The molecule has 0 aliphatic rings. The molecule has 0 saturated heterocycles. The van der Waals surface area contributed by atoms with Gasteiger partial charge in [-0.15, -0.1) is 0 Å². The van der Waals surface area contributed by atoms with Gasteiger partial charge in [0.1, 0.15) is 11.6 Å². The third-order valence-electron chi connectivity index (χ3n) is 6.72. The SMILES string of the molecule is CCC(NC(=O)c1ccc(-c2c(Cl)cccc2-c2nc3ccccc3[nH]2)c(C(=O)O)c1)c1ccc(Cl)cc1OC. The molecule has 0 bridgehead atoms. The summed E-state index contributed by atoms with van der Waals surface area (Å²) < 4.78 is 5.46. The van der Waals surface area contributed by atoms with E-state index in [4.69, 9.17) is 27.9 Å². The number of aromatic carboxylic acids is 1. The normalized spacial score (nSPS) is 11.8. The molecule has 0 aliphatic carbocycles. The number of nitrogens with one attached hydrogen (secondary N) is 2. The van der Waals surface area contributed by atoms with Crippen molar-refractivity contribution < 1.29 is 19.4 Å². The number of aromatic amines is 1. The number of imidazole rings is 1. The summed E-state index contributed by atoms with van der Waals surface area (Å²) in [6.45, 7) is 1.93. The number of carboxylic acids is 1. The summed E-state index contributed by atoms with van der Waals surface area (Å²) in [6.07, 6.45) is 0.577. The van der Waals surface area contributed by atoms with Crippen LogP contribution in [0, 0.1) is 0 Å². The largest absolute Gasteiger partial charge is 0.496 e. The van der Waals surface area contributed by atoms with Gasteiger partial charge in [0.2, 0.25) is 0 Å². The number of H-pyrrole nitrogens is 1. The highest BCUT2D eigenvalue weighted by Gasteiger charge is 2.23. The summed E-state index contributed by atoms with van der Waals surface area (Å²) in [5, 5.41) is 14.0. The predicted octanol–water partition coefficient (Wildman–Crippen LogP) is 7.79. The zero-order chi connectivity index (χ0) is 28.4. The quantitative estimate of drug-likeness (QED) is 0.176. The second kappa shape index (κ2) is 11.4. The van der Waals surface area contributed by atoms with Gasteiger partial charge in [-0.2, -0.15) is 0 Å². The van der Waals surface area contributed by atoms with E-state index in [0.717, 1.165) is 16.6 Å². The number of hydrogen-bond acceptors (Lipinski definition) is 4. The van der Waals surface area contributed by atoms with E-state index in [-0.39, 0.29) is 17.2 Å². The molecule has 1 heterocycles. The standard InChI is InChI=1S/C31H25Cl2N3O4/c1-3-24(20-14-12-18(32)16-27(20)40-2)36-30(37)17-11-13-19(22(15-17)31(38)39)28-21(7-6-8-23(28)33)29-34-25-9-4-5-10-26(25)35-29/h4-16,24H,3H2,1-2H3,(H,34,35)(H,36,37)(H,38,39). The summed E-state index contributed by atoms with van der Waals surface area (Å²) >= 11 is 12.8. The molecule has 1 aromatic heterocycles. The molecule has 7 nitrogen and oxygen atoms in total. The minimum atomic E-state index is -1.19. The average molecular weight is 574 g/mol. The molecule has 0 aliphatic heterocycles. The Labute approximate surface area is 240 Å². The molecular formula is C31H25Cl2N3O4. The number of nitrogens with zero attached hydrogens (tertiary/aromatic N) is 1.